The maximum absolute atomic E-state index is 12.7. The fourth-order valence-electron chi connectivity index (χ4n) is 4.23. The molecule has 2 aromatic carbocycles. The molecule has 0 saturated carbocycles. The van der Waals surface area contributed by atoms with Gasteiger partial charge in [0.2, 0.25) is 11.9 Å². The SMILES string of the molecule is CO[C@H]1CCCN(C(=O)CNC(=O)c2ccc3c(c2)nc(Nc2nc4ccc(Cl)cc4s2)n3C)C1. The van der Waals surface area contributed by atoms with Crippen molar-refractivity contribution in [3.8, 4) is 0 Å². The maximum atomic E-state index is 12.7. The lowest BCUT2D eigenvalue weighted by Crippen LogP contribution is -2.47. The highest BCUT2D eigenvalue weighted by atomic mass is 35.5. The van der Waals surface area contributed by atoms with Crippen molar-refractivity contribution in [2.75, 3.05) is 32.1 Å². The standard InChI is InChI=1S/C24H25ClN6O3S/c1-30-19-8-5-14(22(33)26-12-21(32)31-9-3-4-16(13-31)34-2)10-18(19)27-23(30)29-24-28-17-7-6-15(25)11-20(17)35-24/h5-8,10-11,16H,3-4,9,12-13H2,1-2H3,(H,26,33)(H,27,28,29)/t16-/m0/s1. The monoisotopic (exact) mass is 512 g/mol. The number of anilines is 2. The van der Waals surface area contributed by atoms with Gasteiger partial charge >= 0.3 is 0 Å². The average molecular weight is 513 g/mol. The van der Waals surface area contributed by atoms with E-state index in [-0.39, 0.29) is 24.5 Å². The number of likely N-dealkylation sites (tertiary alicyclic amines) is 1. The molecule has 3 heterocycles. The third-order valence-corrected chi connectivity index (χ3v) is 7.35. The van der Waals surface area contributed by atoms with E-state index in [9.17, 15) is 9.59 Å². The zero-order valence-electron chi connectivity index (χ0n) is 19.4. The Bertz CT molecular complexity index is 1420. The van der Waals surface area contributed by atoms with Gasteiger partial charge in [-0.1, -0.05) is 22.9 Å². The number of hydrogen-bond donors (Lipinski definition) is 2. The largest absolute Gasteiger partial charge is 0.380 e. The Kier molecular flexibility index (Phi) is 6.59. The van der Waals surface area contributed by atoms with E-state index < -0.39 is 0 Å². The zero-order valence-corrected chi connectivity index (χ0v) is 20.9. The molecule has 182 valence electrons. The van der Waals surface area contributed by atoms with Gasteiger partial charge in [-0.25, -0.2) is 9.97 Å². The number of piperidine rings is 1. The maximum Gasteiger partial charge on any atom is 0.251 e. The van der Waals surface area contributed by atoms with Crippen LogP contribution in [0.15, 0.2) is 36.4 Å². The molecule has 1 aliphatic rings. The number of halogens is 1. The van der Waals surface area contributed by atoms with Crippen molar-refractivity contribution < 1.29 is 14.3 Å². The molecule has 0 aliphatic carbocycles. The predicted molar refractivity (Wildman–Crippen MR) is 138 cm³/mol. The summed E-state index contributed by atoms with van der Waals surface area (Å²) < 4.78 is 8.26. The second-order valence-corrected chi connectivity index (χ2v) is 9.94. The van der Waals surface area contributed by atoms with E-state index in [4.69, 9.17) is 16.3 Å². The van der Waals surface area contributed by atoms with Gasteiger partial charge in [0, 0.05) is 37.8 Å². The number of benzene rings is 2. The van der Waals surface area contributed by atoms with Gasteiger partial charge in [-0.3, -0.25) is 9.59 Å². The van der Waals surface area contributed by atoms with E-state index in [1.54, 1.807) is 24.1 Å². The molecule has 5 rings (SSSR count). The molecule has 2 amide bonds. The summed E-state index contributed by atoms with van der Waals surface area (Å²) >= 11 is 7.57. The Morgan fingerprint density at radius 3 is 2.89 bits per heavy atom. The second-order valence-electron chi connectivity index (χ2n) is 8.48. The van der Waals surface area contributed by atoms with Gasteiger partial charge in [-0.15, -0.1) is 0 Å². The minimum Gasteiger partial charge on any atom is -0.380 e. The number of aromatic nitrogens is 3. The molecule has 1 atom stereocenters. The smallest absolute Gasteiger partial charge is 0.251 e. The minimum absolute atomic E-state index is 0.0516. The number of methoxy groups -OCH3 is 1. The Balaban J connectivity index is 1.27. The van der Waals surface area contributed by atoms with Crippen molar-refractivity contribution in [1.82, 2.24) is 24.8 Å². The van der Waals surface area contributed by atoms with Crippen molar-refractivity contribution in [2.45, 2.75) is 18.9 Å². The molecule has 9 nitrogen and oxygen atoms in total. The quantitative estimate of drug-likeness (QED) is 0.405. The fourth-order valence-corrected chi connectivity index (χ4v) is 5.36. The summed E-state index contributed by atoms with van der Waals surface area (Å²) in [6.45, 7) is 1.19. The van der Waals surface area contributed by atoms with E-state index >= 15 is 0 Å². The molecule has 2 N–H and O–H groups in total. The summed E-state index contributed by atoms with van der Waals surface area (Å²) in [5.74, 6) is 0.182. The number of fused-ring (bicyclic) bond motifs is 2. The minimum atomic E-state index is -0.316. The highest BCUT2D eigenvalue weighted by molar-refractivity contribution is 7.22. The summed E-state index contributed by atoms with van der Waals surface area (Å²) in [5.41, 5.74) is 2.83. The topological polar surface area (TPSA) is 101 Å². The number of hydrogen-bond acceptors (Lipinski definition) is 7. The first kappa shape index (κ1) is 23.5. The Morgan fingerprint density at radius 2 is 2.06 bits per heavy atom. The number of nitrogens with one attached hydrogen (secondary N) is 2. The van der Waals surface area contributed by atoms with Crippen LogP contribution in [0.25, 0.3) is 21.3 Å². The van der Waals surface area contributed by atoms with Gasteiger partial charge in [0.25, 0.3) is 5.91 Å². The number of ether oxygens (including phenoxy) is 1. The number of amides is 2. The van der Waals surface area contributed by atoms with Crippen molar-refractivity contribution >= 4 is 67.1 Å². The Morgan fingerprint density at radius 1 is 1.20 bits per heavy atom. The summed E-state index contributed by atoms with van der Waals surface area (Å²) in [6.07, 6.45) is 1.90. The number of carbonyl (C=O) groups is 2. The molecule has 35 heavy (non-hydrogen) atoms. The summed E-state index contributed by atoms with van der Waals surface area (Å²) in [4.78, 5) is 36.2. The molecule has 4 aromatic rings. The van der Waals surface area contributed by atoms with Crippen molar-refractivity contribution in [2.24, 2.45) is 7.05 Å². The van der Waals surface area contributed by atoms with Crippen LogP contribution in [0, 0.1) is 0 Å². The van der Waals surface area contributed by atoms with E-state index in [0.717, 1.165) is 28.6 Å². The first-order valence-corrected chi connectivity index (χ1v) is 12.5. The van der Waals surface area contributed by atoms with Crippen LogP contribution in [0.2, 0.25) is 5.02 Å². The summed E-state index contributed by atoms with van der Waals surface area (Å²) in [7, 11) is 3.55. The normalized spacial score (nSPS) is 16.1. The molecule has 0 unspecified atom stereocenters. The zero-order chi connectivity index (χ0) is 24.5. The number of carbonyl (C=O) groups excluding carboxylic acids is 2. The number of nitrogens with zero attached hydrogens (tertiary/aromatic N) is 4. The van der Waals surface area contributed by atoms with E-state index in [1.165, 1.54) is 11.3 Å². The highest BCUT2D eigenvalue weighted by Crippen LogP contribution is 2.31. The van der Waals surface area contributed by atoms with Gasteiger partial charge in [0.05, 0.1) is 33.9 Å². The van der Waals surface area contributed by atoms with E-state index in [2.05, 4.69) is 20.6 Å². The number of rotatable bonds is 6. The van der Waals surface area contributed by atoms with Crippen molar-refractivity contribution in [3.05, 3.63) is 47.0 Å². The number of thiazole rings is 1. The molecular formula is C24H25ClN6O3S. The van der Waals surface area contributed by atoms with E-state index in [1.807, 2.05) is 35.9 Å². The van der Waals surface area contributed by atoms with Crippen LogP contribution in [0.4, 0.5) is 11.1 Å². The fraction of sp³-hybridized carbons (Fsp3) is 0.333. The highest BCUT2D eigenvalue weighted by Gasteiger charge is 2.23. The van der Waals surface area contributed by atoms with Gasteiger partial charge in [0.1, 0.15) is 0 Å². The first-order valence-electron chi connectivity index (χ1n) is 11.3. The number of aryl methyl sites for hydroxylation is 1. The van der Waals surface area contributed by atoms with Crippen LogP contribution in [-0.2, 0) is 16.6 Å². The van der Waals surface area contributed by atoms with Crippen molar-refractivity contribution in [1.29, 1.82) is 0 Å². The summed E-state index contributed by atoms with van der Waals surface area (Å²) in [6, 6.07) is 10.9. The van der Waals surface area contributed by atoms with Gasteiger partial charge in [-0.2, -0.15) is 0 Å². The van der Waals surface area contributed by atoms with Crippen LogP contribution in [0.5, 0.6) is 0 Å². The average Bonchev–Trinajstić information content (AvgIpc) is 3.41. The van der Waals surface area contributed by atoms with Gasteiger partial charge in [-0.05, 0) is 49.2 Å². The lowest BCUT2D eigenvalue weighted by molar-refractivity contribution is -0.133. The predicted octanol–water partition coefficient (Wildman–Crippen LogP) is 3.95. The van der Waals surface area contributed by atoms with Gasteiger partial charge < -0.3 is 24.8 Å². The Hall–Kier alpha value is -3.21. The number of imidazole rings is 1. The Labute approximate surface area is 211 Å². The van der Waals surface area contributed by atoms with Gasteiger partial charge in [0.15, 0.2) is 5.13 Å². The molecule has 1 saturated heterocycles. The molecule has 0 radical (unpaired) electrons. The lowest BCUT2D eigenvalue weighted by atomic mass is 10.1. The molecule has 1 aliphatic heterocycles. The van der Waals surface area contributed by atoms with Crippen LogP contribution in [0.3, 0.4) is 0 Å². The molecular weight excluding hydrogens is 488 g/mol. The molecule has 0 spiro atoms. The van der Waals surface area contributed by atoms with Crippen LogP contribution < -0.4 is 10.6 Å². The second kappa shape index (κ2) is 9.80. The molecule has 11 heteroatoms. The first-order chi connectivity index (χ1) is 16.9. The van der Waals surface area contributed by atoms with Crippen molar-refractivity contribution in [3.63, 3.8) is 0 Å². The van der Waals surface area contributed by atoms with Crippen LogP contribution >= 0.6 is 22.9 Å². The van der Waals surface area contributed by atoms with Crippen LogP contribution in [0.1, 0.15) is 23.2 Å². The third-order valence-electron chi connectivity index (χ3n) is 6.18. The molecule has 1 fully saturated rings. The lowest BCUT2D eigenvalue weighted by Gasteiger charge is -2.32. The molecule has 2 aromatic heterocycles. The van der Waals surface area contributed by atoms with E-state index in [0.29, 0.717) is 40.3 Å². The molecule has 0 bridgehead atoms. The van der Waals surface area contributed by atoms with Crippen LogP contribution in [-0.4, -0.2) is 64.1 Å². The summed E-state index contributed by atoms with van der Waals surface area (Å²) in [5, 5.41) is 7.36. The third kappa shape index (κ3) is 4.95.